The Balaban J connectivity index is 2.06. The standard InChI is InChI=1S/C14H18BrFN2O/c1-9-8-10(6-7-18(9)2)17-14(19)13-11(15)4-3-5-12(13)16/h3-5,9-10H,6-8H2,1-2H3,(H,17,19). The lowest BCUT2D eigenvalue weighted by molar-refractivity contribution is 0.0891. The predicted octanol–water partition coefficient (Wildman–Crippen LogP) is 2.80. The molecule has 0 spiro atoms. The van der Waals surface area contributed by atoms with Gasteiger partial charge in [0, 0.05) is 23.1 Å². The summed E-state index contributed by atoms with van der Waals surface area (Å²) in [4.78, 5) is 14.4. The third kappa shape index (κ3) is 3.34. The van der Waals surface area contributed by atoms with Gasteiger partial charge in [0.15, 0.2) is 0 Å². The molecule has 1 fully saturated rings. The van der Waals surface area contributed by atoms with Crippen LogP contribution in [0.1, 0.15) is 30.1 Å². The van der Waals surface area contributed by atoms with Crippen molar-refractivity contribution in [1.29, 1.82) is 0 Å². The number of likely N-dealkylation sites (tertiary alicyclic amines) is 1. The molecule has 1 aromatic carbocycles. The Hall–Kier alpha value is -0.940. The number of piperidine rings is 1. The van der Waals surface area contributed by atoms with Gasteiger partial charge in [0.25, 0.3) is 5.91 Å². The molecule has 1 aliphatic rings. The van der Waals surface area contributed by atoms with Crippen molar-refractivity contribution in [2.75, 3.05) is 13.6 Å². The summed E-state index contributed by atoms with van der Waals surface area (Å²) in [5, 5.41) is 2.93. The number of benzene rings is 1. The second-order valence-corrected chi connectivity index (χ2v) is 5.98. The quantitative estimate of drug-likeness (QED) is 0.905. The highest BCUT2D eigenvalue weighted by molar-refractivity contribution is 9.10. The zero-order valence-corrected chi connectivity index (χ0v) is 12.7. The van der Waals surface area contributed by atoms with E-state index in [1.54, 1.807) is 12.1 Å². The van der Waals surface area contributed by atoms with Crippen molar-refractivity contribution in [1.82, 2.24) is 10.2 Å². The monoisotopic (exact) mass is 328 g/mol. The first-order valence-corrected chi connectivity index (χ1v) is 7.23. The molecule has 2 unspecified atom stereocenters. The fraction of sp³-hybridized carbons (Fsp3) is 0.500. The van der Waals surface area contributed by atoms with Gasteiger partial charge in [-0.2, -0.15) is 0 Å². The van der Waals surface area contributed by atoms with E-state index in [9.17, 15) is 9.18 Å². The van der Waals surface area contributed by atoms with E-state index in [2.05, 4.69) is 40.1 Å². The fourth-order valence-electron chi connectivity index (χ4n) is 2.39. The molecule has 1 saturated heterocycles. The SMILES string of the molecule is CC1CC(NC(=O)c2c(F)cccc2Br)CCN1C. The molecule has 2 atom stereocenters. The highest BCUT2D eigenvalue weighted by Gasteiger charge is 2.25. The summed E-state index contributed by atoms with van der Waals surface area (Å²) in [5.74, 6) is -0.834. The lowest BCUT2D eigenvalue weighted by Crippen LogP contribution is -2.47. The van der Waals surface area contributed by atoms with E-state index >= 15 is 0 Å². The highest BCUT2D eigenvalue weighted by Crippen LogP contribution is 2.21. The van der Waals surface area contributed by atoms with Gasteiger partial charge in [0.2, 0.25) is 0 Å². The van der Waals surface area contributed by atoms with Gasteiger partial charge in [0.05, 0.1) is 5.56 Å². The van der Waals surface area contributed by atoms with Gasteiger partial charge in [-0.05, 0) is 54.9 Å². The van der Waals surface area contributed by atoms with Crippen LogP contribution in [0.2, 0.25) is 0 Å². The van der Waals surface area contributed by atoms with Crippen molar-refractivity contribution in [3.8, 4) is 0 Å². The number of hydrogen-bond donors (Lipinski definition) is 1. The van der Waals surface area contributed by atoms with Gasteiger partial charge >= 0.3 is 0 Å². The number of amides is 1. The number of nitrogens with one attached hydrogen (secondary N) is 1. The Morgan fingerprint density at radius 1 is 1.53 bits per heavy atom. The smallest absolute Gasteiger partial charge is 0.255 e. The number of halogens is 2. The van der Waals surface area contributed by atoms with Crippen molar-refractivity contribution in [2.24, 2.45) is 0 Å². The Kier molecular flexibility index (Phi) is 4.58. The normalized spacial score (nSPS) is 24.2. The number of carbonyl (C=O) groups is 1. The maximum atomic E-state index is 13.7. The summed E-state index contributed by atoms with van der Waals surface area (Å²) in [6.07, 6.45) is 1.80. The van der Waals surface area contributed by atoms with Crippen molar-refractivity contribution in [2.45, 2.75) is 31.8 Å². The summed E-state index contributed by atoms with van der Waals surface area (Å²) in [6, 6.07) is 5.10. The van der Waals surface area contributed by atoms with Crippen molar-refractivity contribution < 1.29 is 9.18 Å². The molecule has 1 amide bonds. The molecule has 1 N–H and O–H groups in total. The Morgan fingerprint density at radius 3 is 2.89 bits per heavy atom. The summed E-state index contributed by atoms with van der Waals surface area (Å²) < 4.78 is 14.2. The van der Waals surface area contributed by atoms with E-state index in [1.807, 2.05) is 0 Å². The molecule has 0 bridgehead atoms. The molecular formula is C14H18BrFN2O. The average Bonchev–Trinajstić information content (AvgIpc) is 2.33. The van der Waals surface area contributed by atoms with Gasteiger partial charge in [-0.25, -0.2) is 4.39 Å². The Labute approximate surface area is 121 Å². The third-order valence-corrected chi connectivity index (χ3v) is 4.39. The number of rotatable bonds is 2. The zero-order chi connectivity index (χ0) is 14.0. The van der Waals surface area contributed by atoms with Crippen LogP contribution < -0.4 is 5.32 Å². The van der Waals surface area contributed by atoms with Crippen LogP contribution in [0, 0.1) is 5.82 Å². The minimum atomic E-state index is -0.493. The molecule has 3 nitrogen and oxygen atoms in total. The van der Waals surface area contributed by atoms with Crippen LogP contribution >= 0.6 is 15.9 Å². The lowest BCUT2D eigenvalue weighted by Gasteiger charge is -2.35. The Morgan fingerprint density at radius 2 is 2.26 bits per heavy atom. The summed E-state index contributed by atoms with van der Waals surface area (Å²) in [7, 11) is 2.08. The zero-order valence-electron chi connectivity index (χ0n) is 11.1. The highest BCUT2D eigenvalue weighted by atomic mass is 79.9. The molecule has 0 aliphatic carbocycles. The van der Waals surface area contributed by atoms with E-state index in [-0.39, 0.29) is 17.5 Å². The maximum absolute atomic E-state index is 13.7. The van der Waals surface area contributed by atoms with Crippen LogP contribution in [0.3, 0.4) is 0 Å². The number of nitrogens with zero attached hydrogens (tertiary/aromatic N) is 1. The first-order valence-electron chi connectivity index (χ1n) is 6.44. The van der Waals surface area contributed by atoms with E-state index < -0.39 is 5.82 Å². The topological polar surface area (TPSA) is 32.3 Å². The molecular weight excluding hydrogens is 311 g/mol. The summed E-state index contributed by atoms with van der Waals surface area (Å²) in [5.41, 5.74) is 0.0917. The second kappa shape index (κ2) is 6.01. The lowest BCUT2D eigenvalue weighted by atomic mass is 9.98. The van der Waals surface area contributed by atoms with Crippen LogP contribution in [0.5, 0.6) is 0 Å². The first kappa shape index (κ1) is 14.5. The molecule has 1 aliphatic heterocycles. The van der Waals surface area contributed by atoms with Gasteiger partial charge in [-0.1, -0.05) is 6.07 Å². The molecule has 1 aromatic rings. The van der Waals surface area contributed by atoms with E-state index in [0.29, 0.717) is 10.5 Å². The predicted molar refractivity (Wildman–Crippen MR) is 76.7 cm³/mol. The molecule has 2 rings (SSSR count). The molecule has 0 aromatic heterocycles. The molecule has 0 radical (unpaired) electrons. The van der Waals surface area contributed by atoms with E-state index in [1.165, 1.54) is 6.07 Å². The van der Waals surface area contributed by atoms with Crippen molar-refractivity contribution in [3.63, 3.8) is 0 Å². The van der Waals surface area contributed by atoms with Crippen molar-refractivity contribution in [3.05, 3.63) is 34.1 Å². The van der Waals surface area contributed by atoms with Crippen LogP contribution in [0.4, 0.5) is 4.39 Å². The summed E-state index contributed by atoms with van der Waals surface area (Å²) >= 11 is 3.22. The van der Waals surface area contributed by atoms with Gasteiger partial charge in [-0.15, -0.1) is 0 Å². The average molecular weight is 329 g/mol. The molecule has 104 valence electrons. The largest absolute Gasteiger partial charge is 0.349 e. The number of hydrogen-bond acceptors (Lipinski definition) is 2. The maximum Gasteiger partial charge on any atom is 0.255 e. The van der Waals surface area contributed by atoms with E-state index in [0.717, 1.165) is 19.4 Å². The number of carbonyl (C=O) groups excluding carboxylic acids is 1. The van der Waals surface area contributed by atoms with Crippen LogP contribution in [0.15, 0.2) is 22.7 Å². The van der Waals surface area contributed by atoms with Crippen LogP contribution in [-0.4, -0.2) is 36.5 Å². The van der Waals surface area contributed by atoms with Gasteiger partial charge in [-0.3, -0.25) is 4.79 Å². The van der Waals surface area contributed by atoms with Gasteiger partial charge in [0.1, 0.15) is 5.82 Å². The molecule has 19 heavy (non-hydrogen) atoms. The second-order valence-electron chi connectivity index (χ2n) is 5.12. The molecule has 5 heteroatoms. The fourth-order valence-corrected chi connectivity index (χ4v) is 2.91. The molecule has 1 heterocycles. The minimum Gasteiger partial charge on any atom is -0.349 e. The molecule has 0 saturated carbocycles. The van der Waals surface area contributed by atoms with Crippen LogP contribution in [-0.2, 0) is 0 Å². The summed E-state index contributed by atoms with van der Waals surface area (Å²) in [6.45, 7) is 3.09. The first-order chi connectivity index (χ1) is 8.99. The minimum absolute atomic E-state index is 0.0917. The van der Waals surface area contributed by atoms with Crippen molar-refractivity contribution >= 4 is 21.8 Å². The third-order valence-electron chi connectivity index (χ3n) is 3.73. The van der Waals surface area contributed by atoms with Crippen LogP contribution in [0.25, 0.3) is 0 Å². The Bertz CT molecular complexity index is 460. The van der Waals surface area contributed by atoms with E-state index in [4.69, 9.17) is 0 Å². The van der Waals surface area contributed by atoms with Gasteiger partial charge < -0.3 is 10.2 Å².